The smallest absolute Gasteiger partial charge is 0.358 e. The molecule has 0 aliphatic rings. The standard InChI is InChI=1S/C8H12ClN3O2S/c1-6(3-4-9)15-8-7(12(13)14)10-5-11(8)2/h5-6H,3-4H2,1-2H3. The molecule has 84 valence electrons. The van der Waals surface area contributed by atoms with E-state index in [1.165, 1.54) is 18.1 Å². The molecule has 1 aromatic rings. The highest BCUT2D eigenvalue weighted by Crippen LogP contribution is 2.31. The molecule has 0 spiro atoms. The molecule has 1 heterocycles. The average molecular weight is 250 g/mol. The Morgan fingerprint density at radius 2 is 2.47 bits per heavy atom. The number of imidazole rings is 1. The van der Waals surface area contributed by atoms with Gasteiger partial charge in [0.25, 0.3) is 0 Å². The van der Waals surface area contributed by atoms with Crippen molar-refractivity contribution in [2.24, 2.45) is 7.05 Å². The highest BCUT2D eigenvalue weighted by molar-refractivity contribution is 8.00. The van der Waals surface area contributed by atoms with Crippen LogP contribution in [0.15, 0.2) is 11.4 Å². The van der Waals surface area contributed by atoms with E-state index in [0.29, 0.717) is 10.9 Å². The average Bonchev–Trinajstić information content (AvgIpc) is 2.48. The van der Waals surface area contributed by atoms with Gasteiger partial charge in [-0.15, -0.1) is 11.6 Å². The Bertz CT molecular complexity index is 356. The first-order chi connectivity index (χ1) is 7.06. The van der Waals surface area contributed by atoms with Gasteiger partial charge in [-0.2, -0.15) is 0 Å². The number of nitrogens with zero attached hydrogens (tertiary/aromatic N) is 3. The largest absolute Gasteiger partial charge is 0.395 e. The number of rotatable bonds is 5. The second-order valence-electron chi connectivity index (χ2n) is 3.15. The number of hydrogen-bond donors (Lipinski definition) is 0. The van der Waals surface area contributed by atoms with Crippen LogP contribution in [0, 0.1) is 10.1 Å². The number of halogens is 1. The molecule has 0 radical (unpaired) electrons. The number of aryl methyl sites for hydroxylation is 1. The Labute approximate surface area is 97.0 Å². The zero-order valence-electron chi connectivity index (χ0n) is 8.51. The fraction of sp³-hybridized carbons (Fsp3) is 0.625. The van der Waals surface area contributed by atoms with Crippen molar-refractivity contribution in [1.29, 1.82) is 0 Å². The van der Waals surface area contributed by atoms with Crippen LogP contribution in [0.2, 0.25) is 0 Å². The topological polar surface area (TPSA) is 61.0 Å². The Morgan fingerprint density at radius 3 is 3.00 bits per heavy atom. The van der Waals surface area contributed by atoms with Gasteiger partial charge >= 0.3 is 5.82 Å². The van der Waals surface area contributed by atoms with Gasteiger partial charge in [0.05, 0.1) is 0 Å². The maximum absolute atomic E-state index is 10.7. The molecule has 1 atom stereocenters. The van der Waals surface area contributed by atoms with Crippen molar-refractivity contribution in [1.82, 2.24) is 9.55 Å². The Hall–Kier alpha value is -0.750. The van der Waals surface area contributed by atoms with Crippen LogP contribution in [0.4, 0.5) is 5.82 Å². The van der Waals surface area contributed by atoms with Crippen molar-refractivity contribution in [2.75, 3.05) is 5.88 Å². The molecular weight excluding hydrogens is 238 g/mol. The van der Waals surface area contributed by atoms with Crippen molar-refractivity contribution in [3.05, 3.63) is 16.4 Å². The lowest BCUT2D eigenvalue weighted by molar-refractivity contribution is -0.392. The quantitative estimate of drug-likeness (QED) is 0.348. The first-order valence-electron chi connectivity index (χ1n) is 4.44. The van der Waals surface area contributed by atoms with Crippen LogP contribution >= 0.6 is 23.4 Å². The Morgan fingerprint density at radius 1 is 1.80 bits per heavy atom. The highest BCUT2D eigenvalue weighted by Gasteiger charge is 2.22. The first-order valence-corrected chi connectivity index (χ1v) is 5.86. The summed E-state index contributed by atoms with van der Waals surface area (Å²) in [6.07, 6.45) is 2.27. The summed E-state index contributed by atoms with van der Waals surface area (Å²) in [5, 5.41) is 11.5. The lowest BCUT2D eigenvalue weighted by Gasteiger charge is -2.08. The maximum atomic E-state index is 10.7. The van der Waals surface area contributed by atoms with Gasteiger partial charge in [0.15, 0.2) is 5.03 Å². The number of hydrogen-bond acceptors (Lipinski definition) is 4. The number of aromatic nitrogens is 2. The van der Waals surface area contributed by atoms with Gasteiger partial charge in [0, 0.05) is 18.2 Å². The zero-order chi connectivity index (χ0) is 11.4. The van der Waals surface area contributed by atoms with Crippen LogP contribution in [0.1, 0.15) is 13.3 Å². The van der Waals surface area contributed by atoms with E-state index in [1.54, 1.807) is 11.6 Å². The number of thioether (sulfide) groups is 1. The van der Waals surface area contributed by atoms with Crippen LogP contribution in [0.25, 0.3) is 0 Å². The van der Waals surface area contributed by atoms with Crippen LogP contribution in [-0.4, -0.2) is 25.6 Å². The van der Waals surface area contributed by atoms with Crippen molar-refractivity contribution < 1.29 is 4.92 Å². The molecule has 5 nitrogen and oxygen atoms in total. The van der Waals surface area contributed by atoms with E-state index < -0.39 is 4.92 Å². The summed E-state index contributed by atoms with van der Waals surface area (Å²) in [6.45, 7) is 1.99. The molecular formula is C8H12ClN3O2S. The van der Waals surface area contributed by atoms with Crippen molar-refractivity contribution in [3.8, 4) is 0 Å². The van der Waals surface area contributed by atoms with E-state index in [0.717, 1.165) is 6.42 Å². The maximum Gasteiger partial charge on any atom is 0.395 e. The van der Waals surface area contributed by atoms with E-state index in [4.69, 9.17) is 11.6 Å². The molecule has 0 aromatic carbocycles. The van der Waals surface area contributed by atoms with Gasteiger partial charge in [0.2, 0.25) is 6.33 Å². The van der Waals surface area contributed by atoms with Gasteiger partial charge in [-0.25, -0.2) is 0 Å². The number of alkyl halides is 1. The third kappa shape index (κ3) is 3.10. The molecule has 0 saturated carbocycles. The predicted octanol–water partition coefficient (Wildman–Crippen LogP) is 2.44. The van der Waals surface area contributed by atoms with E-state index in [1.807, 2.05) is 6.92 Å². The third-order valence-electron chi connectivity index (χ3n) is 1.87. The molecule has 0 saturated heterocycles. The monoisotopic (exact) mass is 249 g/mol. The van der Waals surface area contributed by atoms with Crippen molar-refractivity contribution >= 4 is 29.2 Å². The zero-order valence-corrected chi connectivity index (χ0v) is 10.1. The van der Waals surface area contributed by atoms with Crippen molar-refractivity contribution in [3.63, 3.8) is 0 Å². The third-order valence-corrected chi connectivity index (χ3v) is 3.42. The molecule has 0 fully saturated rings. The van der Waals surface area contributed by atoms with Gasteiger partial charge < -0.3 is 14.7 Å². The second-order valence-corrected chi connectivity index (χ2v) is 4.95. The highest BCUT2D eigenvalue weighted by atomic mass is 35.5. The molecule has 0 amide bonds. The lowest BCUT2D eigenvalue weighted by Crippen LogP contribution is -2.01. The van der Waals surface area contributed by atoms with E-state index in [9.17, 15) is 10.1 Å². The Kier molecular flexibility index (Phi) is 4.41. The fourth-order valence-electron chi connectivity index (χ4n) is 1.07. The molecule has 0 bridgehead atoms. The molecule has 1 unspecified atom stereocenters. The van der Waals surface area contributed by atoms with Crippen LogP contribution in [0.3, 0.4) is 0 Å². The molecule has 0 aliphatic heterocycles. The van der Waals surface area contributed by atoms with Gasteiger partial charge in [-0.3, -0.25) is 0 Å². The SMILES string of the molecule is CC(CCCl)Sc1c([N+](=O)[O-])ncn1C. The second kappa shape index (κ2) is 5.37. The summed E-state index contributed by atoms with van der Waals surface area (Å²) >= 11 is 7.04. The fourth-order valence-corrected chi connectivity index (χ4v) is 2.59. The summed E-state index contributed by atoms with van der Waals surface area (Å²) in [5.74, 6) is 0.476. The van der Waals surface area contributed by atoms with Gasteiger partial charge in [0.1, 0.15) is 0 Å². The molecule has 0 aliphatic carbocycles. The summed E-state index contributed by atoms with van der Waals surface area (Å²) in [6, 6.07) is 0. The molecule has 1 aromatic heterocycles. The van der Waals surface area contributed by atoms with Gasteiger partial charge in [-0.05, 0) is 16.3 Å². The summed E-state index contributed by atoms with van der Waals surface area (Å²) in [7, 11) is 1.75. The minimum absolute atomic E-state index is 0.0797. The summed E-state index contributed by atoms with van der Waals surface area (Å²) < 4.78 is 1.66. The summed E-state index contributed by atoms with van der Waals surface area (Å²) in [5.41, 5.74) is 0. The van der Waals surface area contributed by atoms with Crippen LogP contribution in [0.5, 0.6) is 0 Å². The van der Waals surface area contributed by atoms with E-state index in [-0.39, 0.29) is 11.1 Å². The van der Waals surface area contributed by atoms with Crippen LogP contribution in [-0.2, 0) is 7.05 Å². The predicted molar refractivity (Wildman–Crippen MR) is 60.5 cm³/mol. The molecule has 15 heavy (non-hydrogen) atoms. The van der Waals surface area contributed by atoms with E-state index >= 15 is 0 Å². The molecule has 0 N–H and O–H groups in total. The summed E-state index contributed by atoms with van der Waals surface area (Å²) in [4.78, 5) is 13.9. The van der Waals surface area contributed by atoms with Crippen LogP contribution < -0.4 is 0 Å². The Balaban J connectivity index is 2.83. The first kappa shape index (κ1) is 12.3. The number of nitro groups is 1. The molecule has 7 heteroatoms. The van der Waals surface area contributed by atoms with Crippen molar-refractivity contribution in [2.45, 2.75) is 23.6 Å². The van der Waals surface area contributed by atoms with E-state index in [2.05, 4.69) is 4.98 Å². The minimum Gasteiger partial charge on any atom is -0.358 e. The molecule has 1 rings (SSSR count). The lowest BCUT2D eigenvalue weighted by atomic mass is 10.4. The van der Waals surface area contributed by atoms with Gasteiger partial charge in [-0.1, -0.05) is 18.7 Å². The normalized spacial score (nSPS) is 12.7. The minimum atomic E-state index is -0.463.